The molecule has 1 aliphatic rings. The zero-order chi connectivity index (χ0) is 18.3. The topological polar surface area (TPSA) is 46.7 Å². The Morgan fingerprint density at radius 2 is 1.93 bits per heavy atom. The molecule has 1 saturated heterocycles. The lowest BCUT2D eigenvalue weighted by molar-refractivity contribution is 0.0320. The summed E-state index contributed by atoms with van der Waals surface area (Å²) in [7, 11) is 0. The number of nitrogens with zero attached hydrogens (tertiary/aromatic N) is 4. The van der Waals surface area contributed by atoms with Gasteiger partial charge in [-0.1, -0.05) is 6.07 Å². The van der Waals surface area contributed by atoms with Crippen LogP contribution in [-0.2, 0) is 17.8 Å². The van der Waals surface area contributed by atoms with Gasteiger partial charge in [0.15, 0.2) is 0 Å². The first-order chi connectivity index (χ1) is 13.4. The van der Waals surface area contributed by atoms with Crippen molar-refractivity contribution in [2.24, 2.45) is 0 Å². The predicted octanol–water partition coefficient (Wildman–Crippen LogP) is 2.80. The number of morpholine rings is 1. The maximum atomic E-state index is 5.60. The van der Waals surface area contributed by atoms with Crippen LogP contribution in [0.4, 0.5) is 0 Å². The van der Waals surface area contributed by atoms with E-state index in [1.807, 2.05) is 36.5 Å². The standard InChI is InChI=1S/C21H26N4O2/c1-2-8-22-21(7-1)25-9-3-5-19(25)17-24(18-20-6-4-14-27-20)11-10-23-12-15-26-16-13-23/h1-9,14H,10-13,15-18H2. The quantitative estimate of drug-likeness (QED) is 0.613. The lowest BCUT2D eigenvalue weighted by Crippen LogP contribution is -2.41. The second-order valence-electron chi connectivity index (χ2n) is 6.80. The van der Waals surface area contributed by atoms with Crippen molar-refractivity contribution >= 4 is 0 Å². The third-order valence-corrected chi connectivity index (χ3v) is 4.91. The van der Waals surface area contributed by atoms with Gasteiger partial charge >= 0.3 is 0 Å². The van der Waals surface area contributed by atoms with Crippen LogP contribution in [0.5, 0.6) is 0 Å². The summed E-state index contributed by atoms with van der Waals surface area (Å²) in [5.74, 6) is 1.94. The number of pyridine rings is 1. The van der Waals surface area contributed by atoms with Gasteiger partial charge in [-0.3, -0.25) is 9.80 Å². The molecule has 0 radical (unpaired) electrons. The number of aromatic nitrogens is 2. The van der Waals surface area contributed by atoms with Crippen molar-refractivity contribution in [2.75, 3.05) is 39.4 Å². The van der Waals surface area contributed by atoms with Gasteiger partial charge in [0.05, 0.1) is 26.0 Å². The summed E-state index contributed by atoms with van der Waals surface area (Å²) in [5.41, 5.74) is 1.22. The molecule has 0 amide bonds. The molecule has 3 aromatic rings. The Labute approximate surface area is 160 Å². The fourth-order valence-corrected chi connectivity index (χ4v) is 3.44. The number of ether oxygens (including phenoxy) is 1. The highest BCUT2D eigenvalue weighted by molar-refractivity contribution is 5.27. The van der Waals surface area contributed by atoms with E-state index in [0.717, 1.165) is 64.1 Å². The molecule has 0 atom stereocenters. The number of hydrogen-bond acceptors (Lipinski definition) is 5. The summed E-state index contributed by atoms with van der Waals surface area (Å²) in [6, 6.07) is 14.2. The van der Waals surface area contributed by atoms with Crippen LogP contribution in [0.15, 0.2) is 65.5 Å². The summed E-state index contributed by atoms with van der Waals surface area (Å²) < 4.78 is 13.2. The van der Waals surface area contributed by atoms with Gasteiger partial charge in [0.1, 0.15) is 11.6 Å². The van der Waals surface area contributed by atoms with Gasteiger partial charge < -0.3 is 13.7 Å². The minimum Gasteiger partial charge on any atom is -0.468 e. The average molecular weight is 366 g/mol. The molecule has 0 aromatic carbocycles. The third kappa shape index (κ3) is 4.86. The number of hydrogen-bond donors (Lipinski definition) is 0. The second-order valence-corrected chi connectivity index (χ2v) is 6.80. The summed E-state index contributed by atoms with van der Waals surface area (Å²) in [4.78, 5) is 9.39. The van der Waals surface area contributed by atoms with Crippen LogP contribution < -0.4 is 0 Å². The molecule has 1 aliphatic heterocycles. The van der Waals surface area contributed by atoms with Gasteiger partial charge in [-0.2, -0.15) is 0 Å². The lowest BCUT2D eigenvalue weighted by Gasteiger charge is -2.30. The lowest BCUT2D eigenvalue weighted by atomic mass is 10.3. The van der Waals surface area contributed by atoms with Crippen molar-refractivity contribution in [3.05, 3.63) is 72.6 Å². The van der Waals surface area contributed by atoms with Gasteiger partial charge in [-0.05, 0) is 36.4 Å². The summed E-state index contributed by atoms with van der Waals surface area (Å²) in [6.45, 7) is 7.35. The Bertz CT molecular complexity index is 795. The molecule has 0 saturated carbocycles. The maximum Gasteiger partial charge on any atom is 0.136 e. The van der Waals surface area contributed by atoms with Gasteiger partial charge in [0.25, 0.3) is 0 Å². The summed E-state index contributed by atoms with van der Waals surface area (Å²) in [6.07, 6.45) is 5.65. The van der Waals surface area contributed by atoms with Crippen molar-refractivity contribution in [3.63, 3.8) is 0 Å². The minimum atomic E-state index is 0.796. The number of furan rings is 1. The van der Waals surface area contributed by atoms with Crippen molar-refractivity contribution in [2.45, 2.75) is 13.1 Å². The van der Waals surface area contributed by atoms with E-state index in [2.05, 4.69) is 37.7 Å². The zero-order valence-corrected chi connectivity index (χ0v) is 15.5. The largest absolute Gasteiger partial charge is 0.468 e. The Balaban J connectivity index is 1.46. The van der Waals surface area contributed by atoms with E-state index >= 15 is 0 Å². The van der Waals surface area contributed by atoms with Gasteiger partial charge in [0, 0.05) is 50.8 Å². The SMILES string of the molecule is c1ccc(-n2cccc2CN(CCN2CCOCC2)Cc2ccco2)nc1. The molecule has 0 unspecified atom stereocenters. The summed E-state index contributed by atoms with van der Waals surface area (Å²) >= 11 is 0. The third-order valence-electron chi connectivity index (χ3n) is 4.91. The van der Waals surface area contributed by atoms with Crippen LogP contribution in [0.3, 0.4) is 0 Å². The Morgan fingerprint density at radius 1 is 1.00 bits per heavy atom. The minimum absolute atomic E-state index is 0.796. The molecule has 0 bridgehead atoms. The zero-order valence-electron chi connectivity index (χ0n) is 15.5. The van der Waals surface area contributed by atoms with Crippen LogP contribution in [-0.4, -0.2) is 58.7 Å². The molecular weight excluding hydrogens is 340 g/mol. The van der Waals surface area contributed by atoms with Crippen molar-refractivity contribution in [3.8, 4) is 5.82 Å². The highest BCUT2D eigenvalue weighted by Crippen LogP contribution is 2.15. The van der Waals surface area contributed by atoms with Crippen molar-refractivity contribution < 1.29 is 9.15 Å². The molecule has 6 nitrogen and oxygen atoms in total. The fraction of sp³-hybridized carbons (Fsp3) is 0.381. The Morgan fingerprint density at radius 3 is 2.70 bits per heavy atom. The summed E-state index contributed by atoms with van der Waals surface area (Å²) in [5, 5.41) is 0. The van der Waals surface area contributed by atoms with E-state index in [0.29, 0.717) is 0 Å². The van der Waals surface area contributed by atoms with Crippen LogP contribution >= 0.6 is 0 Å². The first-order valence-electron chi connectivity index (χ1n) is 9.51. The van der Waals surface area contributed by atoms with Crippen molar-refractivity contribution in [1.82, 2.24) is 19.4 Å². The van der Waals surface area contributed by atoms with Gasteiger partial charge in [-0.15, -0.1) is 0 Å². The highest BCUT2D eigenvalue weighted by Gasteiger charge is 2.16. The molecule has 4 heterocycles. The highest BCUT2D eigenvalue weighted by atomic mass is 16.5. The van der Waals surface area contributed by atoms with E-state index < -0.39 is 0 Å². The molecule has 1 fully saturated rings. The van der Waals surface area contributed by atoms with E-state index in [-0.39, 0.29) is 0 Å². The van der Waals surface area contributed by atoms with E-state index in [1.165, 1.54) is 5.69 Å². The van der Waals surface area contributed by atoms with Crippen molar-refractivity contribution in [1.29, 1.82) is 0 Å². The first kappa shape index (κ1) is 18.0. The van der Waals surface area contributed by atoms with Crippen LogP contribution in [0, 0.1) is 0 Å². The Kier molecular flexibility index (Phi) is 5.99. The van der Waals surface area contributed by atoms with Crippen LogP contribution in [0.2, 0.25) is 0 Å². The molecule has 6 heteroatoms. The molecule has 142 valence electrons. The molecule has 0 aliphatic carbocycles. The Hall–Kier alpha value is -2.41. The van der Waals surface area contributed by atoms with Gasteiger partial charge in [-0.25, -0.2) is 4.98 Å². The van der Waals surface area contributed by atoms with Crippen LogP contribution in [0.25, 0.3) is 5.82 Å². The van der Waals surface area contributed by atoms with Crippen LogP contribution in [0.1, 0.15) is 11.5 Å². The number of rotatable bonds is 8. The smallest absolute Gasteiger partial charge is 0.136 e. The van der Waals surface area contributed by atoms with E-state index in [9.17, 15) is 0 Å². The second kappa shape index (κ2) is 8.99. The molecule has 4 rings (SSSR count). The first-order valence-corrected chi connectivity index (χ1v) is 9.51. The fourth-order valence-electron chi connectivity index (χ4n) is 3.44. The maximum absolute atomic E-state index is 5.60. The predicted molar refractivity (Wildman–Crippen MR) is 104 cm³/mol. The normalized spacial score (nSPS) is 15.4. The average Bonchev–Trinajstić information content (AvgIpc) is 3.40. The molecule has 0 N–H and O–H groups in total. The van der Waals surface area contributed by atoms with Gasteiger partial charge in [0.2, 0.25) is 0 Å². The molecular formula is C21H26N4O2. The monoisotopic (exact) mass is 366 g/mol. The molecule has 0 spiro atoms. The molecule has 3 aromatic heterocycles. The van der Waals surface area contributed by atoms with E-state index in [4.69, 9.17) is 9.15 Å². The molecule has 27 heavy (non-hydrogen) atoms. The van der Waals surface area contributed by atoms with E-state index in [1.54, 1.807) is 6.26 Å².